The number of halogens is 1. The first kappa shape index (κ1) is 16.6. The van der Waals surface area contributed by atoms with E-state index in [4.69, 9.17) is 0 Å². The second kappa shape index (κ2) is 6.70. The van der Waals surface area contributed by atoms with Gasteiger partial charge in [-0.05, 0) is 18.2 Å². The van der Waals surface area contributed by atoms with Crippen LogP contribution in [0.25, 0.3) is 10.9 Å². The van der Waals surface area contributed by atoms with E-state index in [1.54, 1.807) is 11.0 Å². The lowest BCUT2D eigenvalue weighted by molar-refractivity contribution is -0.129. The molecule has 0 radical (unpaired) electrons. The number of nitrogens with one attached hydrogen (secondary N) is 1. The van der Waals surface area contributed by atoms with Gasteiger partial charge in [0.1, 0.15) is 5.82 Å². The zero-order valence-electron chi connectivity index (χ0n) is 13.5. The van der Waals surface area contributed by atoms with Crippen molar-refractivity contribution >= 4 is 16.8 Å². The number of fused-ring (bicyclic) bond motifs is 1. The molecule has 2 N–H and O–H groups in total. The van der Waals surface area contributed by atoms with Crippen LogP contribution in [0.3, 0.4) is 0 Å². The van der Waals surface area contributed by atoms with Crippen molar-refractivity contribution in [3.05, 3.63) is 46.0 Å². The van der Waals surface area contributed by atoms with Crippen LogP contribution in [0.2, 0.25) is 0 Å². The Morgan fingerprint density at radius 1 is 1.33 bits per heavy atom. The number of pyridine rings is 1. The van der Waals surface area contributed by atoms with Crippen molar-refractivity contribution in [2.24, 2.45) is 0 Å². The molecule has 1 atom stereocenters. The molecule has 1 aromatic carbocycles. The predicted octanol–water partition coefficient (Wildman–Crippen LogP) is 0.692. The molecule has 2 aromatic rings. The summed E-state index contributed by atoms with van der Waals surface area (Å²) in [5, 5.41) is 10.4. The molecule has 0 saturated carbocycles. The molecule has 1 amide bonds. The van der Waals surface area contributed by atoms with Crippen molar-refractivity contribution in [2.75, 3.05) is 26.2 Å². The number of carbonyl (C=O) groups excluding carboxylic acids is 1. The number of amides is 1. The summed E-state index contributed by atoms with van der Waals surface area (Å²) in [5.74, 6) is -0.502. The van der Waals surface area contributed by atoms with Crippen molar-refractivity contribution in [3.63, 3.8) is 0 Å². The van der Waals surface area contributed by atoms with Crippen LogP contribution in [-0.4, -0.2) is 58.1 Å². The molecule has 1 fully saturated rings. The number of aliphatic hydroxyl groups excluding tert-OH is 1. The molecule has 128 valence electrons. The number of nitrogens with zero attached hydrogens (tertiary/aromatic N) is 2. The highest BCUT2D eigenvalue weighted by Crippen LogP contribution is 2.13. The van der Waals surface area contributed by atoms with Gasteiger partial charge in [0.25, 0.3) is 0 Å². The lowest BCUT2D eigenvalue weighted by atomic mass is 10.2. The molecule has 1 aliphatic rings. The van der Waals surface area contributed by atoms with Crippen molar-refractivity contribution < 1.29 is 14.3 Å². The standard InChI is InChI=1S/C17H20FN3O3/c1-11(22)21-5-4-20(9-14(23)10-21)8-13-7-17(24)15-6-12(18)2-3-16(15)19-13/h2-3,6-7,14,23H,4-5,8-10H2,1H3,(H,19,24)/t14-/m0/s1. The molecule has 1 saturated heterocycles. The quantitative estimate of drug-likeness (QED) is 0.848. The molecule has 7 heteroatoms. The van der Waals surface area contributed by atoms with E-state index in [2.05, 4.69) is 4.98 Å². The van der Waals surface area contributed by atoms with Crippen LogP contribution in [0.15, 0.2) is 29.1 Å². The summed E-state index contributed by atoms with van der Waals surface area (Å²) >= 11 is 0. The third-order valence-electron chi connectivity index (χ3n) is 4.27. The van der Waals surface area contributed by atoms with Crippen molar-refractivity contribution in [1.82, 2.24) is 14.8 Å². The number of aliphatic hydroxyl groups is 1. The Labute approximate surface area is 138 Å². The van der Waals surface area contributed by atoms with Gasteiger partial charge < -0.3 is 15.0 Å². The van der Waals surface area contributed by atoms with Crippen LogP contribution in [-0.2, 0) is 11.3 Å². The van der Waals surface area contributed by atoms with E-state index in [1.165, 1.54) is 25.1 Å². The monoisotopic (exact) mass is 333 g/mol. The summed E-state index contributed by atoms with van der Waals surface area (Å²) < 4.78 is 13.3. The fourth-order valence-electron chi connectivity index (χ4n) is 3.08. The van der Waals surface area contributed by atoms with Crippen LogP contribution >= 0.6 is 0 Å². The van der Waals surface area contributed by atoms with E-state index in [-0.39, 0.29) is 11.3 Å². The molecule has 2 heterocycles. The van der Waals surface area contributed by atoms with Crippen LogP contribution in [0.4, 0.5) is 4.39 Å². The van der Waals surface area contributed by atoms with E-state index in [1.807, 2.05) is 4.90 Å². The maximum Gasteiger partial charge on any atom is 0.219 e. The maximum atomic E-state index is 13.3. The SMILES string of the molecule is CC(=O)N1CCN(Cc2cc(=O)c3cc(F)ccc3[nH]2)C[C@H](O)C1. The fraction of sp³-hybridized carbons (Fsp3) is 0.412. The van der Waals surface area contributed by atoms with E-state index in [0.717, 1.165) is 0 Å². The van der Waals surface area contributed by atoms with Crippen molar-refractivity contribution in [1.29, 1.82) is 0 Å². The largest absolute Gasteiger partial charge is 0.390 e. The zero-order chi connectivity index (χ0) is 17.3. The Balaban J connectivity index is 1.80. The Morgan fingerprint density at radius 2 is 2.12 bits per heavy atom. The summed E-state index contributed by atoms with van der Waals surface area (Å²) in [6.45, 7) is 3.83. The Bertz CT molecular complexity index is 820. The van der Waals surface area contributed by atoms with Crippen molar-refractivity contribution in [3.8, 4) is 0 Å². The normalized spacial score (nSPS) is 19.5. The molecule has 0 spiro atoms. The van der Waals surface area contributed by atoms with Crippen LogP contribution in [0.1, 0.15) is 12.6 Å². The molecular formula is C17H20FN3O3. The summed E-state index contributed by atoms with van der Waals surface area (Å²) in [6.07, 6.45) is -0.627. The molecule has 0 aliphatic carbocycles. The summed E-state index contributed by atoms with van der Waals surface area (Å²) in [4.78, 5) is 30.4. The number of hydrogen-bond donors (Lipinski definition) is 2. The number of β-amino-alcohol motifs (C(OH)–C–C–N with tert-alkyl or cyclic N) is 1. The summed E-state index contributed by atoms with van der Waals surface area (Å²) in [7, 11) is 0. The van der Waals surface area contributed by atoms with Gasteiger partial charge in [-0.3, -0.25) is 14.5 Å². The Hall–Kier alpha value is -2.25. The van der Waals surface area contributed by atoms with E-state index >= 15 is 0 Å². The van der Waals surface area contributed by atoms with Gasteiger partial charge in [0.05, 0.1) is 6.10 Å². The van der Waals surface area contributed by atoms with Crippen LogP contribution in [0, 0.1) is 5.82 Å². The third-order valence-corrected chi connectivity index (χ3v) is 4.27. The fourth-order valence-corrected chi connectivity index (χ4v) is 3.08. The predicted molar refractivity (Wildman–Crippen MR) is 88.1 cm³/mol. The second-order valence-corrected chi connectivity index (χ2v) is 6.20. The molecule has 0 bridgehead atoms. The topological polar surface area (TPSA) is 76.6 Å². The Kier molecular flexibility index (Phi) is 4.64. The number of benzene rings is 1. The van der Waals surface area contributed by atoms with E-state index in [0.29, 0.717) is 49.3 Å². The van der Waals surface area contributed by atoms with Gasteiger partial charge in [-0.25, -0.2) is 4.39 Å². The van der Waals surface area contributed by atoms with Gasteiger partial charge >= 0.3 is 0 Å². The van der Waals surface area contributed by atoms with Crippen molar-refractivity contribution in [2.45, 2.75) is 19.6 Å². The molecule has 1 aliphatic heterocycles. The first-order chi connectivity index (χ1) is 11.4. The average Bonchev–Trinajstić information content (AvgIpc) is 2.69. The van der Waals surface area contributed by atoms with Gasteiger partial charge in [0.15, 0.2) is 5.43 Å². The highest BCUT2D eigenvalue weighted by Gasteiger charge is 2.22. The zero-order valence-corrected chi connectivity index (χ0v) is 13.5. The van der Waals surface area contributed by atoms with Crippen LogP contribution < -0.4 is 5.43 Å². The van der Waals surface area contributed by atoms with Gasteiger partial charge in [0, 0.05) is 62.3 Å². The van der Waals surface area contributed by atoms with Crippen LogP contribution in [0.5, 0.6) is 0 Å². The minimum absolute atomic E-state index is 0.0583. The summed E-state index contributed by atoms with van der Waals surface area (Å²) in [5.41, 5.74) is 1.04. The first-order valence-corrected chi connectivity index (χ1v) is 7.90. The number of carbonyl (C=O) groups is 1. The lowest BCUT2D eigenvalue weighted by Crippen LogP contribution is -2.36. The molecule has 24 heavy (non-hydrogen) atoms. The van der Waals surface area contributed by atoms with Gasteiger partial charge in [-0.2, -0.15) is 0 Å². The minimum atomic E-state index is -0.627. The first-order valence-electron chi connectivity index (χ1n) is 7.90. The molecule has 6 nitrogen and oxygen atoms in total. The highest BCUT2D eigenvalue weighted by molar-refractivity contribution is 5.78. The molecule has 0 unspecified atom stereocenters. The average molecular weight is 333 g/mol. The maximum absolute atomic E-state index is 13.3. The van der Waals surface area contributed by atoms with Gasteiger partial charge in [-0.15, -0.1) is 0 Å². The third kappa shape index (κ3) is 3.63. The smallest absolute Gasteiger partial charge is 0.219 e. The Morgan fingerprint density at radius 3 is 2.88 bits per heavy atom. The lowest BCUT2D eigenvalue weighted by Gasteiger charge is -2.21. The van der Waals surface area contributed by atoms with E-state index < -0.39 is 11.9 Å². The number of H-pyrrole nitrogens is 1. The second-order valence-electron chi connectivity index (χ2n) is 6.20. The van der Waals surface area contributed by atoms with Gasteiger partial charge in [-0.1, -0.05) is 0 Å². The van der Waals surface area contributed by atoms with E-state index in [9.17, 15) is 19.1 Å². The number of aromatic nitrogens is 1. The summed E-state index contributed by atoms with van der Waals surface area (Å²) in [6, 6.07) is 5.53. The highest BCUT2D eigenvalue weighted by atomic mass is 19.1. The molecular weight excluding hydrogens is 313 g/mol. The molecule has 1 aromatic heterocycles. The van der Waals surface area contributed by atoms with Gasteiger partial charge in [0.2, 0.25) is 5.91 Å². The number of hydrogen-bond acceptors (Lipinski definition) is 4. The minimum Gasteiger partial charge on any atom is -0.390 e. The molecule has 3 rings (SSSR count). The number of aromatic amines is 1. The number of rotatable bonds is 2.